The molecule has 0 fully saturated rings. The summed E-state index contributed by atoms with van der Waals surface area (Å²) in [6.45, 7) is 2.85. The molecular weight excluding hydrogens is 226 g/mol. The summed E-state index contributed by atoms with van der Waals surface area (Å²) in [6.07, 6.45) is 4.06. The highest BCUT2D eigenvalue weighted by Crippen LogP contribution is 2.11. The molecule has 0 atom stereocenters. The van der Waals surface area contributed by atoms with Crippen LogP contribution in [0, 0.1) is 0 Å². The van der Waals surface area contributed by atoms with Gasteiger partial charge in [-0.2, -0.15) is 9.36 Å². The Morgan fingerprint density at radius 2 is 2.31 bits per heavy atom. The fraction of sp³-hybridized carbons (Fsp3) is 0.556. The summed E-state index contributed by atoms with van der Waals surface area (Å²) in [6, 6.07) is 0. The van der Waals surface area contributed by atoms with Gasteiger partial charge < -0.3 is 9.84 Å². The van der Waals surface area contributed by atoms with E-state index in [1.165, 1.54) is 17.9 Å². The van der Waals surface area contributed by atoms with Gasteiger partial charge in [-0.1, -0.05) is 12.1 Å². The van der Waals surface area contributed by atoms with E-state index in [1.54, 1.807) is 0 Å². The lowest BCUT2D eigenvalue weighted by Gasteiger charge is -1.97. The van der Waals surface area contributed by atoms with Gasteiger partial charge in [0.05, 0.1) is 0 Å². The number of nitrogens with one attached hydrogen (secondary N) is 1. The first-order valence-electron chi connectivity index (χ1n) is 5.20. The highest BCUT2D eigenvalue weighted by atomic mass is 32.1. The largest absolute Gasteiger partial charge is 0.360 e. The summed E-state index contributed by atoms with van der Waals surface area (Å²) in [5.74, 6) is 1.61. The van der Waals surface area contributed by atoms with E-state index < -0.39 is 0 Å². The molecular formula is C9H13N5OS. The molecule has 2 heterocycles. The van der Waals surface area contributed by atoms with Crippen LogP contribution in [0.4, 0.5) is 5.13 Å². The van der Waals surface area contributed by atoms with Gasteiger partial charge in [-0.05, 0) is 6.42 Å². The minimum absolute atomic E-state index is 0.700. The summed E-state index contributed by atoms with van der Waals surface area (Å²) in [7, 11) is 0. The third-order valence-electron chi connectivity index (χ3n) is 1.97. The Morgan fingerprint density at radius 1 is 1.38 bits per heavy atom. The van der Waals surface area contributed by atoms with Crippen LogP contribution in [-0.4, -0.2) is 26.0 Å². The van der Waals surface area contributed by atoms with Gasteiger partial charge in [0.15, 0.2) is 5.82 Å². The van der Waals surface area contributed by atoms with Crippen molar-refractivity contribution in [2.24, 2.45) is 0 Å². The van der Waals surface area contributed by atoms with E-state index in [0.717, 1.165) is 36.8 Å². The minimum Gasteiger partial charge on any atom is -0.360 e. The van der Waals surface area contributed by atoms with Crippen LogP contribution in [0.3, 0.4) is 0 Å². The molecule has 0 radical (unpaired) electrons. The summed E-state index contributed by atoms with van der Waals surface area (Å²) in [5.41, 5.74) is 0. The van der Waals surface area contributed by atoms with Crippen LogP contribution < -0.4 is 5.32 Å². The Bertz CT molecular complexity index is 413. The van der Waals surface area contributed by atoms with Gasteiger partial charge in [0.25, 0.3) is 0 Å². The maximum atomic E-state index is 4.64. The zero-order chi connectivity index (χ0) is 11.2. The highest BCUT2D eigenvalue weighted by molar-refractivity contribution is 7.09. The van der Waals surface area contributed by atoms with Crippen molar-refractivity contribution >= 4 is 16.7 Å². The van der Waals surface area contributed by atoms with Crippen molar-refractivity contribution in [1.82, 2.24) is 19.5 Å². The number of aromatic nitrogens is 4. The maximum absolute atomic E-state index is 4.64. The summed E-state index contributed by atoms with van der Waals surface area (Å²) >= 11 is 1.39. The predicted molar refractivity (Wildman–Crippen MR) is 60.4 cm³/mol. The van der Waals surface area contributed by atoms with E-state index in [1.807, 2.05) is 0 Å². The monoisotopic (exact) mass is 239 g/mol. The Hall–Kier alpha value is -1.50. The summed E-state index contributed by atoms with van der Waals surface area (Å²) in [5, 5.41) is 7.76. The molecule has 0 unspecified atom stereocenters. The zero-order valence-electron chi connectivity index (χ0n) is 9.01. The number of aryl methyl sites for hydroxylation is 1. The number of hydrogen-bond donors (Lipinski definition) is 1. The average Bonchev–Trinajstić information content (AvgIpc) is 2.90. The quantitative estimate of drug-likeness (QED) is 0.823. The summed E-state index contributed by atoms with van der Waals surface area (Å²) in [4.78, 5) is 8.28. The molecule has 0 aromatic carbocycles. The standard InChI is InChI=1S/C9H13N5OS/c1-2-3-8-12-9(16-14-8)10-5-4-7-11-6-15-13-7/h6H,2-5H2,1H3,(H,10,12,14). The number of nitrogens with zero attached hydrogens (tertiary/aromatic N) is 4. The van der Waals surface area contributed by atoms with E-state index in [0.29, 0.717) is 5.82 Å². The van der Waals surface area contributed by atoms with Gasteiger partial charge in [-0.15, -0.1) is 0 Å². The molecule has 0 saturated carbocycles. The van der Waals surface area contributed by atoms with E-state index in [2.05, 4.69) is 36.3 Å². The molecule has 0 aliphatic rings. The van der Waals surface area contributed by atoms with Gasteiger partial charge >= 0.3 is 0 Å². The Balaban J connectivity index is 1.76. The smallest absolute Gasteiger partial charge is 0.213 e. The first-order valence-corrected chi connectivity index (χ1v) is 5.97. The first-order chi connectivity index (χ1) is 7.88. The van der Waals surface area contributed by atoms with Crippen LogP contribution in [0.1, 0.15) is 25.0 Å². The van der Waals surface area contributed by atoms with Crippen molar-refractivity contribution in [3.8, 4) is 0 Å². The predicted octanol–water partition coefficient (Wildman–Crippen LogP) is 1.53. The molecule has 16 heavy (non-hydrogen) atoms. The minimum atomic E-state index is 0.700. The van der Waals surface area contributed by atoms with Crippen molar-refractivity contribution in [3.05, 3.63) is 18.0 Å². The molecule has 0 aliphatic carbocycles. The van der Waals surface area contributed by atoms with E-state index in [-0.39, 0.29) is 0 Å². The maximum Gasteiger partial charge on any atom is 0.213 e. The molecule has 0 bridgehead atoms. The number of anilines is 1. The lowest BCUT2D eigenvalue weighted by atomic mass is 10.3. The third-order valence-corrected chi connectivity index (χ3v) is 2.68. The van der Waals surface area contributed by atoms with Gasteiger partial charge in [-0.3, -0.25) is 0 Å². The molecule has 1 N–H and O–H groups in total. The van der Waals surface area contributed by atoms with Crippen molar-refractivity contribution < 1.29 is 4.52 Å². The molecule has 2 aromatic rings. The SMILES string of the molecule is CCCc1nsc(NCCc2ncon2)n1. The zero-order valence-corrected chi connectivity index (χ0v) is 9.83. The second kappa shape index (κ2) is 5.55. The van der Waals surface area contributed by atoms with Crippen LogP contribution in [0.25, 0.3) is 0 Å². The van der Waals surface area contributed by atoms with Crippen molar-refractivity contribution in [3.63, 3.8) is 0 Å². The lowest BCUT2D eigenvalue weighted by Crippen LogP contribution is -2.05. The van der Waals surface area contributed by atoms with Crippen molar-refractivity contribution in [1.29, 1.82) is 0 Å². The van der Waals surface area contributed by atoms with Gasteiger partial charge in [-0.25, -0.2) is 4.98 Å². The van der Waals surface area contributed by atoms with E-state index in [9.17, 15) is 0 Å². The third kappa shape index (κ3) is 2.99. The van der Waals surface area contributed by atoms with Gasteiger partial charge in [0.1, 0.15) is 5.82 Å². The second-order valence-electron chi connectivity index (χ2n) is 3.29. The van der Waals surface area contributed by atoms with E-state index >= 15 is 0 Å². The Morgan fingerprint density at radius 3 is 3.06 bits per heavy atom. The van der Waals surface area contributed by atoms with Crippen LogP contribution in [0.5, 0.6) is 0 Å². The van der Waals surface area contributed by atoms with Crippen molar-refractivity contribution in [2.75, 3.05) is 11.9 Å². The number of rotatable bonds is 6. The highest BCUT2D eigenvalue weighted by Gasteiger charge is 2.03. The first kappa shape index (κ1) is 11.0. The molecule has 2 rings (SSSR count). The molecule has 0 aliphatic heterocycles. The molecule has 2 aromatic heterocycles. The fourth-order valence-corrected chi connectivity index (χ4v) is 1.87. The normalized spacial score (nSPS) is 10.6. The van der Waals surface area contributed by atoms with E-state index in [4.69, 9.17) is 0 Å². The van der Waals surface area contributed by atoms with Crippen LogP contribution in [0.15, 0.2) is 10.9 Å². The molecule has 0 saturated heterocycles. The Kier molecular flexibility index (Phi) is 3.81. The van der Waals surface area contributed by atoms with Gasteiger partial charge in [0.2, 0.25) is 11.5 Å². The van der Waals surface area contributed by atoms with Gasteiger partial charge in [0, 0.05) is 30.9 Å². The van der Waals surface area contributed by atoms with Crippen LogP contribution in [-0.2, 0) is 12.8 Å². The van der Waals surface area contributed by atoms with Crippen LogP contribution in [0.2, 0.25) is 0 Å². The molecule has 6 nitrogen and oxygen atoms in total. The number of hydrogen-bond acceptors (Lipinski definition) is 7. The fourth-order valence-electron chi connectivity index (χ4n) is 1.23. The molecule has 0 amide bonds. The molecule has 0 spiro atoms. The Labute approximate surface area is 97.3 Å². The second-order valence-corrected chi connectivity index (χ2v) is 4.04. The van der Waals surface area contributed by atoms with Crippen LogP contribution >= 0.6 is 11.5 Å². The summed E-state index contributed by atoms with van der Waals surface area (Å²) < 4.78 is 8.88. The lowest BCUT2D eigenvalue weighted by molar-refractivity contribution is 0.410. The average molecular weight is 239 g/mol. The molecule has 86 valence electrons. The molecule has 7 heteroatoms. The topological polar surface area (TPSA) is 76.7 Å². The van der Waals surface area contributed by atoms with Crippen molar-refractivity contribution in [2.45, 2.75) is 26.2 Å².